The fraction of sp³-hybridized carbons (Fsp3) is 0.448. The topological polar surface area (TPSA) is 67.9 Å². The van der Waals surface area contributed by atoms with Gasteiger partial charge in [0.15, 0.2) is 17.3 Å². The molecule has 1 amide bonds. The number of ether oxygens (including phenoxy) is 2. The Kier molecular flexibility index (Phi) is 7.20. The minimum atomic E-state index is -0.621. The lowest BCUT2D eigenvalue weighted by atomic mass is 9.73. The van der Waals surface area contributed by atoms with Crippen LogP contribution in [0.5, 0.6) is 11.5 Å². The summed E-state index contributed by atoms with van der Waals surface area (Å²) in [5.41, 5.74) is 3.67. The van der Waals surface area contributed by atoms with E-state index in [0.717, 1.165) is 41.9 Å². The first-order chi connectivity index (χ1) is 16.8. The number of hydrogen-bond donors (Lipinski definition) is 1. The molecule has 2 aromatic rings. The average Bonchev–Trinajstić information content (AvgIpc) is 2.96. The van der Waals surface area contributed by atoms with E-state index in [0.29, 0.717) is 36.3 Å². The van der Waals surface area contributed by atoms with Gasteiger partial charge in [0.1, 0.15) is 0 Å². The second kappa shape index (κ2) is 10.1. The van der Waals surface area contributed by atoms with Gasteiger partial charge >= 0.3 is 0 Å². The number of fused-ring (bicyclic) bond motifs is 1. The van der Waals surface area contributed by atoms with Gasteiger partial charge in [0.05, 0.1) is 31.6 Å². The monoisotopic (exact) mass is 476 g/mol. The summed E-state index contributed by atoms with van der Waals surface area (Å²) in [6.07, 6.45) is 4.35. The highest BCUT2D eigenvalue weighted by Gasteiger charge is 2.44. The van der Waals surface area contributed by atoms with E-state index in [2.05, 4.69) is 26.1 Å². The van der Waals surface area contributed by atoms with Crippen molar-refractivity contribution in [3.8, 4) is 11.5 Å². The molecule has 0 radical (unpaired) electrons. The minimum absolute atomic E-state index is 0.00560. The van der Waals surface area contributed by atoms with E-state index >= 15 is 0 Å². The van der Waals surface area contributed by atoms with Gasteiger partial charge in [-0.3, -0.25) is 14.5 Å². The average molecular weight is 477 g/mol. The van der Waals surface area contributed by atoms with Crippen LogP contribution in [0.3, 0.4) is 0 Å². The Morgan fingerprint density at radius 3 is 2.54 bits per heavy atom. The molecule has 1 N–H and O–H groups in total. The van der Waals surface area contributed by atoms with E-state index in [1.165, 1.54) is 0 Å². The number of carbonyl (C=O) groups excluding carboxylic acids is 2. The van der Waals surface area contributed by atoms with Crippen molar-refractivity contribution >= 4 is 23.1 Å². The molecule has 0 saturated heterocycles. The summed E-state index contributed by atoms with van der Waals surface area (Å²) in [5.74, 6) is 1.15. The van der Waals surface area contributed by atoms with Crippen molar-refractivity contribution in [2.75, 3.05) is 24.4 Å². The van der Waals surface area contributed by atoms with Gasteiger partial charge in [-0.2, -0.15) is 0 Å². The van der Waals surface area contributed by atoms with E-state index in [1.807, 2.05) is 47.4 Å². The summed E-state index contributed by atoms with van der Waals surface area (Å²) in [6.45, 7) is 6.35. The molecule has 1 unspecified atom stereocenters. The summed E-state index contributed by atoms with van der Waals surface area (Å²) in [5, 5.41) is 3.56. The van der Waals surface area contributed by atoms with Crippen molar-refractivity contribution in [2.24, 2.45) is 5.41 Å². The molecular weight excluding hydrogens is 440 g/mol. The zero-order valence-electron chi connectivity index (χ0n) is 21.4. The third-order valence-corrected chi connectivity index (χ3v) is 6.89. The Hall–Kier alpha value is -3.28. The number of nitrogens with zero attached hydrogens (tertiary/aromatic N) is 1. The third kappa shape index (κ3) is 4.79. The molecule has 35 heavy (non-hydrogen) atoms. The van der Waals surface area contributed by atoms with Crippen LogP contribution < -0.4 is 19.7 Å². The number of rotatable bonds is 7. The smallest absolute Gasteiger partial charge is 0.227 e. The molecule has 186 valence electrons. The number of allylic oxidation sites excluding steroid dienone is 1. The molecule has 1 aliphatic carbocycles. The maximum Gasteiger partial charge on any atom is 0.227 e. The maximum atomic E-state index is 13.9. The molecule has 0 aromatic heterocycles. The summed E-state index contributed by atoms with van der Waals surface area (Å²) in [4.78, 5) is 29.5. The van der Waals surface area contributed by atoms with Crippen LogP contribution in [-0.4, -0.2) is 25.9 Å². The first-order valence-electron chi connectivity index (χ1n) is 12.5. The molecule has 6 heteroatoms. The molecule has 1 aliphatic heterocycles. The van der Waals surface area contributed by atoms with Crippen LogP contribution in [-0.2, 0) is 9.59 Å². The van der Waals surface area contributed by atoms with Gasteiger partial charge < -0.3 is 14.8 Å². The Balaban J connectivity index is 2.00. The van der Waals surface area contributed by atoms with Gasteiger partial charge in [-0.25, -0.2) is 0 Å². The highest BCUT2D eigenvalue weighted by Crippen LogP contribution is 2.51. The maximum absolute atomic E-state index is 13.9. The zero-order chi connectivity index (χ0) is 25.2. The quantitative estimate of drug-likeness (QED) is 0.467. The normalized spacial score (nSPS) is 18.8. The van der Waals surface area contributed by atoms with E-state index in [-0.39, 0.29) is 17.1 Å². The molecule has 1 atom stereocenters. The molecule has 2 aliphatic rings. The van der Waals surface area contributed by atoms with Crippen LogP contribution in [0.4, 0.5) is 11.4 Å². The van der Waals surface area contributed by atoms with Gasteiger partial charge in [-0.15, -0.1) is 0 Å². The van der Waals surface area contributed by atoms with E-state index in [9.17, 15) is 9.59 Å². The summed E-state index contributed by atoms with van der Waals surface area (Å²) in [7, 11) is 3.19. The summed E-state index contributed by atoms with van der Waals surface area (Å²) < 4.78 is 11.4. The number of Topliss-reactive ketones (excluding diaryl/α,β-unsaturated/α-hetero) is 1. The number of anilines is 2. The molecule has 0 bridgehead atoms. The standard InChI is InChI=1S/C29H36N2O4/c1-6-7-8-16-25(33)31-22-14-10-9-13-20(22)30-21-17-29(2,3)18-23(32)26(21)27(31)19-12-11-15-24(34-4)28(19)35-5/h9-15,27,30H,6-8,16-18H2,1-5H3. The zero-order valence-corrected chi connectivity index (χ0v) is 21.4. The Labute approximate surface area is 208 Å². The number of para-hydroxylation sites is 3. The van der Waals surface area contributed by atoms with Crippen LogP contribution in [0.2, 0.25) is 0 Å². The van der Waals surface area contributed by atoms with Gasteiger partial charge in [0, 0.05) is 29.7 Å². The van der Waals surface area contributed by atoms with Crippen LogP contribution in [0.25, 0.3) is 0 Å². The predicted molar refractivity (Wildman–Crippen MR) is 139 cm³/mol. The van der Waals surface area contributed by atoms with Crippen molar-refractivity contribution < 1.29 is 19.1 Å². The lowest BCUT2D eigenvalue weighted by molar-refractivity contribution is -0.119. The van der Waals surface area contributed by atoms with E-state index < -0.39 is 6.04 Å². The molecule has 0 saturated carbocycles. The van der Waals surface area contributed by atoms with Crippen LogP contribution in [0.1, 0.15) is 70.9 Å². The highest BCUT2D eigenvalue weighted by molar-refractivity contribution is 6.06. The second-order valence-electron chi connectivity index (χ2n) is 10.2. The summed E-state index contributed by atoms with van der Waals surface area (Å²) >= 11 is 0. The minimum Gasteiger partial charge on any atom is -0.493 e. The number of methoxy groups -OCH3 is 2. The number of amides is 1. The molecule has 0 spiro atoms. The number of carbonyl (C=O) groups is 2. The SMILES string of the molecule is CCCCCC(=O)N1c2ccccc2NC2=C(C(=O)CC(C)(C)C2)C1c1cccc(OC)c1OC. The molecule has 0 fully saturated rings. The first kappa shape index (κ1) is 24.8. The molecule has 4 rings (SSSR count). The van der Waals surface area contributed by atoms with Crippen LogP contribution in [0, 0.1) is 5.41 Å². The van der Waals surface area contributed by atoms with Crippen molar-refractivity contribution in [3.63, 3.8) is 0 Å². The van der Waals surface area contributed by atoms with Crippen LogP contribution >= 0.6 is 0 Å². The third-order valence-electron chi connectivity index (χ3n) is 6.89. The van der Waals surface area contributed by atoms with Crippen molar-refractivity contribution in [3.05, 3.63) is 59.3 Å². The second-order valence-corrected chi connectivity index (χ2v) is 10.2. The Morgan fingerprint density at radius 1 is 1.06 bits per heavy atom. The van der Waals surface area contributed by atoms with Crippen molar-refractivity contribution in [2.45, 2.75) is 65.3 Å². The van der Waals surface area contributed by atoms with E-state index in [1.54, 1.807) is 14.2 Å². The van der Waals surface area contributed by atoms with E-state index in [4.69, 9.17) is 9.47 Å². The highest BCUT2D eigenvalue weighted by atomic mass is 16.5. The number of hydrogen-bond acceptors (Lipinski definition) is 5. The Morgan fingerprint density at radius 2 is 1.83 bits per heavy atom. The van der Waals surface area contributed by atoms with Crippen LogP contribution in [0.15, 0.2) is 53.7 Å². The van der Waals surface area contributed by atoms with Gasteiger partial charge in [0.25, 0.3) is 0 Å². The lowest BCUT2D eigenvalue weighted by Crippen LogP contribution is -2.39. The largest absolute Gasteiger partial charge is 0.493 e. The summed E-state index contributed by atoms with van der Waals surface area (Å²) in [6, 6.07) is 12.8. The number of nitrogens with one attached hydrogen (secondary N) is 1. The van der Waals surface area contributed by atoms with Crippen molar-refractivity contribution in [1.82, 2.24) is 0 Å². The molecule has 6 nitrogen and oxygen atoms in total. The molecule has 1 heterocycles. The fourth-order valence-corrected chi connectivity index (χ4v) is 5.33. The molecular formula is C29H36N2O4. The predicted octanol–water partition coefficient (Wildman–Crippen LogP) is 6.43. The fourth-order valence-electron chi connectivity index (χ4n) is 5.33. The number of benzene rings is 2. The van der Waals surface area contributed by atoms with Gasteiger partial charge in [-0.1, -0.05) is 57.9 Å². The molecule has 2 aromatic carbocycles. The number of unbranched alkanes of at least 4 members (excludes halogenated alkanes) is 2. The van der Waals surface area contributed by atoms with Crippen molar-refractivity contribution in [1.29, 1.82) is 0 Å². The van der Waals surface area contributed by atoms with Gasteiger partial charge in [0.2, 0.25) is 5.91 Å². The number of ketones is 1. The lowest BCUT2D eigenvalue weighted by Gasteiger charge is -2.37. The first-order valence-corrected chi connectivity index (χ1v) is 12.5. The van der Waals surface area contributed by atoms with Gasteiger partial charge in [-0.05, 0) is 36.5 Å². The Bertz CT molecular complexity index is 1150.